The molecule has 1 aromatic carbocycles. The molecule has 0 unspecified atom stereocenters. The van der Waals surface area contributed by atoms with Gasteiger partial charge < -0.3 is 72.7 Å². The number of nitrogens with zero attached hydrogens (tertiary/aromatic N) is 15. The van der Waals surface area contributed by atoms with Crippen molar-refractivity contribution in [3.05, 3.63) is 96.5 Å². The van der Waals surface area contributed by atoms with Gasteiger partial charge in [0.2, 0.25) is 0 Å². The summed E-state index contributed by atoms with van der Waals surface area (Å²) in [5.41, 5.74) is 14.9. The maximum absolute atomic E-state index is 6.18. The van der Waals surface area contributed by atoms with Gasteiger partial charge in [-0.1, -0.05) is 109 Å². The van der Waals surface area contributed by atoms with Crippen LogP contribution in [0.15, 0.2) is 35.1 Å². The maximum atomic E-state index is 6.18. The van der Waals surface area contributed by atoms with Crippen LogP contribution in [0.4, 0.5) is 23.3 Å². The molecule has 0 radical (unpaired) electrons. The third-order valence-corrected chi connectivity index (χ3v) is 29.6. The summed E-state index contributed by atoms with van der Waals surface area (Å²) >= 11 is 9.52. The van der Waals surface area contributed by atoms with Crippen molar-refractivity contribution in [3.8, 4) is 46.3 Å². The van der Waals surface area contributed by atoms with E-state index in [-0.39, 0.29) is 22.4 Å². The maximum Gasteiger partial charge on any atom is 0.516 e. The minimum atomic E-state index is -0.543. The molecule has 12 heterocycles. The summed E-state index contributed by atoms with van der Waals surface area (Å²) in [5.74, 6) is 6.32. The molecular weight excluding hydrogens is 1810 g/mol. The number of benzene rings is 1. The minimum Gasteiger partial charge on any atom is -0.478 e. The third-order valence-electron chi connectivity index (χ3n) is 28.4. The van der Waals surface area contributed by atoms with E-state index in [1.807, 2.05) is 147 Å². The first kappa shape index (κ1) is 114. The van der Waals surface area contributed by atoms with Gasteiger partial charge in [0.25, 0.3) is 23.5 Å². The van der Waals surface area contributed by atoms with Crippen LogP contribution in [0.1, 0.15) is 344 Å². The number of rotatable bonds is 33. The molecule has 3 aliphatic rings. The first-order valence-electron chi connectivity index (χ1n) is 49.9. The summed E-state index contributed by atoms with van der Waals surface area (Å²) in [7, 11) is 11.0. The van der Waals surface area contributed by atoms with Crippen LogP contribution in [-0.4, -0.2) is 181 Å². The second kappa shape index (κ2) is 48.7. The molecule has 0 amide bonds. The molecule has 0 saturated carbocycles. The summed E-state index contributed by atoms with van der Waals surface area (Å²) in [4.78, 5) is 47.3. The van der Waals surface area contributed by atoms with Crippen LogP contribution >= 0.6 is 27.5 Å². The minimum absolute atomic E-state index is 0.336. The second-order valence-corrected chi connectivity index (χ2v) is 40.6. The number of hydrogen-bond donors (Lipinski definition) is 4. The number of methoxy groups -OCH3 is 4. The molecule has 29 nitrogen and oxygen atoms in total. The van der Waals surface area contributed by atoms with Gasteiger partial charge in [-0.15, -0.1) is 0 Å². The van der Waals surface area contributed by atoms with Gasteiger partial charge in [0.1, 0.15) is 21.6 Å². The lowest BCUT2D eigenvalue weighted by atomic mass is 9.49. The number of ether oxygens (including phenoxy) is 4. The van der Waals surface area contributed by atoms with Crippen LogP contribution in [-0.2, 0) is 49.1 Å². The van der Waals surface area contributed by atoms with Crippen LogP contribution in [0.25, 0.3) is 55.7 Å². The largest absolute Gasteiger partial charge is 0.516 e. The molecule has 3 fully saturated rings. The smallest absolute Gasteiger partial charge is 0.478 e. The fraction of sp³-hybridized carbons (Fsp3) is 0.650. The summed E-state index contributed by atoms with van der Waals surface area (Å²) in [6.07, 6.45) is 17.1. The van der Waals surface area contributed by atoms with Gasteiger partial charge in [0.15, 0.2) is 28.9 Å². The zero-order valence-electron chi connectivity index (χ0n) is 90.6. The molecule has 3 saturated heterocycles. The van der Waals surface area contributed by atoms with Crippen molar-refractivity contribution in [2.24, 2.45) is 21.1 Å². The number of aromatic nitrogens is 15. The fourth-order valence-corrected chi connectivity index (χ4v) is 17.4. The Morgan fingerprint density at radius 2 is 0.679 bits per heavy atom. The normalized spacial score (nSPS) is 15.5. The highest BCUT2D eigenvalue weighted by molar-refractivity contribution is 9.10. The molecule has 0 bridgehead atoms. The summed E-state index contributed by atoms with van der Waals surface area (Å²) in [5, 5.41) is 27.6. The standard InChI is InChI=1S/C25H37N5O.C24H36N6O.C17H30BN3O3.C14H19ClN2.C12H24B2O4.C11H18BrN3O/c1-9-17(10-2)20-14-30(7)24-19(20)13-15(5)21(28-24)22-16(6)26-23(25(29-22)31-8)27-18(11-3)12-4;1-9-16(10-2)21-18-13-14(5)19(27-23(18)30(7)29-21)20-15(6)25-22(24(28-20)31-8)26-17(11-3)12-4;1-9-12(10-2)20-14-15(22-8)21-13(11(3)19-14)18-23-16(4,5)17(6,7)24-18;1-5-10(6-2)14-11-7-9(3)12(15)8-13(11)17(4)16-14;1-9(2)10(3,4)16-13(15-9)14-17-11(5,6)12(7,8)18-14;1-5-8(6-2)14-10-11(16-4)15-9(12)7(3)13-10/h13-14,17-18H,9-12H2,1-8H3,(H,26,27);13,16-17H,9-12H2,1-8H3,(H,25,26);12H,9-10H2,1-8H3,(H,19,20);7-8,10H,5-6H2,1-4H3;1-8H3;8H,5-6H2,1-4H3,(H,13,14). The Kier molecular flexibility index (Phi) is 40.5. The molecule has 3 aliphatic heterocycles. The molecule has 9 aromatic heterocycles. The number of fused-ring (bicyclic) bond motifs is 3. The van der Waals surface area contributed by atoms with E-state index in [2.05, 4.69) is 209 Å². The Morgan fingerprint density at radius 3 is 1.05 bits per heavy atom. The van der Waals surface area contributed by atoms with Crippen LogP contribution in [0, 0.1) is 48.5 Å². The van der Waals surface area contributed by atoms with Crippen molar-refractivity contribution in [2.75, 3.05) is 49.7 Å². The van der Waals surface area contributed by atoms with E-state index >= 15 is 0 Å². The monoisotopic (exact) mass is 1970 g/mol. The van der Waals surface area contributed by atoms with Crippen molar-refractivity contribution in [1.82, 2.24) is 74.0 Å². The van der Waals surface area contributed by atoms with Gasteiger partial charge in [-0.2, -0.15) is 10.2 Å². The van der Waals surface area contributed by atoms with Crippen LogP contribution in [0.5, 0.6) is 23.5 Å². The van der Waals surface area contributed by atoms with Gasteiger partial charge in [0, 0.05) is 84.5 Å². The highest BCUT2D eigenvalue weighted by Gasteiger charge is 2.64. The molecule has 34 heteroatoms. The highest BCUT2D eigenvalue weighted by atomic mass is 79.9. The topological polar surface area (TPSA) is 310 Å². The van der Waals surface area contributed by atoms with Gasteiger partial charge in [-0.3, -0.25) is 9.36 Å². The summed E-state index contributed by atoms with van der Waals surface area (Å²) < 4.78 is 64.6. The molecule has 0 aliphatic carbocycles. The van der Waals surface area contributed by atoms with E-state index in [9.17, 15) is 0 Å². The SMILES string of the molecule is CC1(C)OB(B2OC(C)(C)C(C)(C)O2)OC1(C)C.CCC(CC)Nc1nc(C)c(-c2nc3c(cc2C)c(C(CC)CC)cn3C)nc1OC.CCC(CC)Nc1nc(C)c(-c2nc3c(cc2C)c(C(CC)CC)nn3C)nc1OC.CCC(CC)Nc1nc(C)c(B2OC(C)(C)C(C)(C)O2)nc1OC.CCC(CC)Nc1nc(C)c(Br)nc1OC.CCC(CC)c1nn(C)c2cc(Cl)c(C)cc12. The van der Waals surface area contributed by atoms with E-state index in [1.54, 1.807) is 28.4 Å². The Balaban J connectivity index is 0.000000206. The molecule has 0 spiro atoms. The average Bonchev–Trinajstić information content (AvgIpc) is 1.49. The molecule has 13 rings (SSSR count). The van der Waals surface area contributed by atoms with Crippen molar-refractivity contribution in [1.29, 1.82) is 0 Å². The van der Waals surface area contributed by atoms with E-state index in [0.29, 0.717) is 88.5 Å². The lowest BCUT2D eigenvalue weighted by Crippen LogP contribution is -2.41. The number of hydrogen-bond acceptors (Lipinski definition) is 26. The van der Waals surface area contributed by atoms with E-state index in [1.165, 1.54) is 22.0 Å². The third kappa shape index (κ3) is 26.2. The van der Waals surface area contributed by atoms with Crippen molar-refractivity contribution < 1.29 is 46.9 Å². The van der Waals surface area contributed by atoms with Crippen molar-refractivity contribution >= 4 is 111 Å². The highest BCUT2D eigenvalue weighted by Crippen LogP contribution is 2.45. The Bertz CT molecular complexity index is 5390. The van der Waals surface area contributed by atoms with Crippen LogP contribution < -0.4 is 45.8 Å². The Labute approximate surface area is 833 Å². The predicted molar refractivity (Wildman–Crippen MR) is 568 cm³/mol. The number of nitrogens with one attached hydrogen (secondary N) is 4. The second-order valence-electron chi connectivity index (χ2n) is 39.4. The number of halogens is 2. The van der Waals surface area contributed by atoms with E-state index in [4.69, 9.17) is 93.5 Å². The number of pyridine rings is 2. The van der Waals surface area contributed by atoms with Crippen LogP contribution in [0.2, 0.25) is 5.02 Å². The van der Waals surface area contributed by atoms with E-state index in [0.717, 1.165) is 195 Å². The van der Waals surface area contributed by atoms with Gasteiger partial charge in [-0.25, -0.2) is 49.8 Å². The fourth-order valence-electron chi connectivity index (χ4n) is 17.0. The average molecular weight is 1980 g/mol. The lowest BCUT2D eigenvalue weighted by molar-refractivity contribution is 0.00578. The zero-order chi connectivity index (χ0) is 102. The zero-order valence-corrected chi connectivity index (χ0v) is 92.9. The quantitative estimate of drug-likeness (QED) is 0.0278. The van der Waals surface area contributed by atoms with E-state index < -0.39 is 32.3 Å². The Morgan fingerprint density at radius 1 is 0.358 bits per heavy atom. The molecule has 137 heavy (non-hydrogen) atoms. The molecule has 10 aromatic rings. The molecule has 4 N–H and O–H groups in total. The van der Waals surface area contributed by atoms with Gasteiger partial charge in [0.05, 0.1) is 119 Å². The first-order valence-corrected chi connectivity index (χ1v) is 51.1. The predicted octanol–water partition coefficient (Wildman–Crippen LogP) is 24.3. The lowest BCUT2D eigenvalue weighted by Gasteiger charge is -2.32. The summed E-state index contributed by atoms with van der Waals surface area (Å²) in [6, 6.07) is 10.1. The first-order chi connectivity index (χ1) is 64.5. The number of anilines is 4. The van der Waals surface area contributed by atoms with Crippen LogP contribution in [0.3, 0.4) is 0 Å². The number of aryl methyl sites for hydroxylation is 10. The summed E-state index contributed by atoms with van der Waals surface area (Å²) in [6.45, 7) is 69.0. The van der Waals surface area contributed by atoms with Gasteiger partial charge >= 0.3 is 21.1 Å². The Hall–Kier alpha value is -8.56. The van der Waals surface area contributed by atoms with Crippen molar-refractivity contribution in [2.45, 2.75) is 394 Å². The molecule has 754 valence electrons. The molecule has 0 atom stereocenters. The van der Waals surface area contributed by atoms with Crippen molar-refractivity contribution in [3.63, 3.8) is 0 Å². The van der Waals surface area contributed by atoms with Gasteiger partial charge in [-0.05, 0) is 290 Å². The molecular formula is C103H164B3BrClN19O10.